The third-order valence-corrected chi connectivity index (χ3v) is 9.41. The fraction of sp³-hybridized carbons (Fsp3) is 0.562. The topological polar surface area (TPSA) is 122 Å². The Morgan fingerprint density at radius 2 is 1.81 bits per heavy atom. The van der Waals surface area contributed by atoms with Gasteiger partial charge in [0.1, 0.15) is 15.9 Å². The number of likely N-dealkylation sites (tertiary alicyclic amines) is 1. The van der Waals surface area contributed by atoms with E-state index >= 15 is 0 Å². The summed E-state index contributed by atoms with van der Waals surface area (Å²) in [5.41, 5.74) is 3.92. The van der Waals surface area contributed by atoms with E-state index in [9.17, 15) is 23.1 Å². The van der Waals surface area contributed by atoms with Crippen LogP contribution in [0.2, 0.25) is 0 Å². The summed E-state index contributed by atoms with van der Waals surface area (Å²) in [6, 6.07) is 12.3. The van der Waals surface area contributed by atoms with Gasteiger partial charge in [-0.2, -0.15) is 0 Å². The highest BCUT2D eigenvalue weighted by Crippen LogP contribution is 2.31. The van der Waals surface area contributed by atoms with Gasteiger partial charge in [0, 0.05) is 38.1 Å². The molecule has 1 aliphatic heterocycles. The van der Waals surface area contributed by atoms with Gasteiger partial charge in [0.15, 0.2) is 0 Å². The monoisotopic (exact) mass is 600 g/mol. The van der Waals surface area contributed by atoms with E-state index in [0.29, 0.717) is 30.4 Å². The second-order valence-electron chi connectivity index (χ2n) is 11.7. The molecule has 2 aromatic rings. The van der Waals surface area contributed by atoms with Crippen LogP contribution in [0.4, 0.5) is 0 Å². The maximum Gasteiger partial charge on any atom is 0.326 e. The first kappa shape index (κ1) is 32.1. The minimum absolute atomic E-state index is 0.130. The number of amides is 1. The molecule has 10 heteroatoms. The molecule has 9 nitrogen and oxygen atoms in total. The van der Waals surface area contributed by atoms with E-state index in [4.69, 9.17) is 9.47 Å². The summed E-state index contributed by atoms with van der Waals surface area (Å²) in [6.07, 6.45) is 8.20. The van der Waals surface area contributed by atoms with Gasteiger partial charge in [-0.1, -0.05) is 49.6 Å². The molecule has 230 valence electrons. The number of ether oxygens (including phenoxy) is 2. The van der Waals surface area contributed by atoms with Crippen molar-refractivity contribution in [3.8, 4) is 11.1 Å². The average Bonchev–Trinajstić information content (AvgIpc) is 3.35. The average molecular weight is 601 g/mol. The molecule has 1 saturated carbocycles. The van der Waals surface area contributed by atoms with Gasteiger partial charge in [0.2, 0.25) is 0 Å². The Kier molecular flexibility index (Phi) is 11.2. The molecule has 4 rings (SSSR count). The predicted molar refractivity (Wildman–Crippen MR) is 162 cm³/mol. The van der Waals surface area contributed by atoms with E-state index in [1.165, 1.54) is 19.3 Å². The van der Waals surface area contributed by atoms with E-state index in [1.807, 2.05) is 43.3 Å². The van der Waals surface area contributed by atoms with E-state index in [0.717, 1.165) is 48.8 Å². The van der Waals surface area contributed by atoms with Crippen molar-refractivity contribution in [2.45, 2.75) is 82.7 Å². The van der Waals surface area contributed by atoms with Gasteiger partial charge < -0.3 is 19.9 Å². The van der Waals surface area contributed by atoms with Crippen molar-refractivity contribution < 1.29 is 32.6 Å². The summed E-state index contributed by atoms with van der Waals surface area (Å²) >= 11 is 0. The molecule has 3 atom stereocenters. The molecule has 0 radical (unpaired) electrons. The minimum Gasteiger partial charge on any atom is -0.480 e. The van der Waals surface area contributed by atoms with Crippen LogP contribution in [0.25, 0.3) is 11.1 Å². The molecule has 2 N–H and O–H groups in total. The summed E-state index contributed by atoms with van der Waals surface area (Å²) in [5.74, 6) is -2.16. The standard InChI is InChI=1S/C32H44N2O7S/c1-22-9-7-8-12-27(22)29-17-23(13-14-28(29)31(35)33-30(32(36)37)15-16-42(3,38)39)19-34-20-26(40-2)18-24(34)21-41-25-10-5-4-6-11-25/h7-9,12-14,17,24-26,30H,4-6,10-11,15-16,18-21H2,1-3H3,(H,33,35)(H,36,37). The fourth-order valence-corrected chi connectivity index (χ4v) is 6.66. The summed E-state index contributed by atoms with van der Waals surface area (Å²) < 4.78 is 35.3. The first-order valence-electron chi connectivity index (χ1n) is 14.8. The number of aliphatic carboxylic acids is 1. The van der Waals surface area contributed by atoms with E-state index in [2.05, 4.69) is 10.2 Å². The normalized spacial score (nSPS) is 20.8. The van der Waals surface area contributed by atoms with Crippen LogP contribution in [-0.4, -0.2) is 86.9 Å². The molecule has 1 amide bonds. The molecule has 1 aliphatic carbocycles. The van der Waals surface area contributed by atoms with E-state index < -0.39 is 27.8 Å². The number of benzene rings is 2. The number of nitrogens with zero attached hydrogens (tertiary/aromatic N) is 1. The zero-order valence-electron chi connectivity index (χ0n) is 24.9. The molecule has 1 heterocycles. The molecule has 3 unspecified atom stereocenters. The van der Waals surface area contributed by atoms with Crippen LogP contribution in [0.3, 0.4) is 0 Å². The molecular weight excluding hydrogens is 556 g/mol. The number of hydrogen-bond acceptors (Lipinski definition) is 7. The SMILES string of the molecule is COC1CC(COC2CCCCC2)N(Cc2ccc(C(=O)NC(CCS(C)(=O)=O)C(=O)O)c(-c3ccccc3C)c2)C1. The van der Waals surface area contributed by atoms with Gasteiger partial charge >= 0.3 is 5.97 Å². The third-order valence-electron chi connectivity index (χ3n) is 8.43. The molecule has 1 saturated heterocycles. The lowest BCUT2D eigenvalue weighted by Crippen LogP contribution is -2.42. The molecular formula is C32H44N2O7S. The fourth-order valence-electron chi connectivity index (χ4n) is 6.00. The summed E-state index contributed by atoms with van der Waals surface area (Å²) in [4.78, 5) is 27.7. The Morgan fingerprint density at radius 3 is 2.48 bits per heavy atom. The van der Waals surface area contributed by atoms with Crippen LogP contribution in [-0.2, 0) is 30.7 Å². The lowest BCUT2D eigenvalue weighted by Gasteiger charge is -2.28. The second kappa shape index (κ2) is 14.6. The summed E-state index contributed by atoms with van der Waals surface area (Å²) in [5, 5.41) is 12.2. The number of carboxylic acid groups (broad SMARTS) is 1. The van der Waals surface area contributed by atoms with Gasteiger partial charge in [0.05, 0.1) is 24.6 Å². The molecule has 0 bridgehead atoms. The highest BCUT2D eigenvalue weighted by molar-refractivity contribution is 7.90. The quantitative estimate of drug-likeness (QED) is 0.351. The number of carbonyl (C=O) groups excluding carboxylic acids is 1. The Bertz CT molecular complexity index is 1340. The van der Waals surface area contributed by atoms with Crippen LogP contribution in [0.1, 0.15) is 66.4 Å². The smallest absolute Gasteiger partial charge is 0.326 e. The molecule has 0 aromatic heterocycles. The number of methoxy groups -OCH3 is 1. The van der Waals surface area contributed by atoms with Crippen LogP contribution < -0.4 is 5.32 Å². The van der Waals surface area contributed by atoms with Crippen molar-refractivity contribution in [2.24, 2.45) is 0 Å². The van der Waals surface area contributed by atoms with Gasteiger partial charge in [-0.15, -0.1) is 0 Å². The molecule has 42 heavy (non-hydrogen) atoms. The van der Waals surface area contributed by atoms with Crippen LogP contribution in [0, 0.1) is 6.92 Å². The van der Waals surface area contributed by atoms with Crippen molar-refractivity contribution in [3.05, 3.63) is 59.2 Å². The van der Waals surface area contributed by atoms with Gasteiger partial charge in [-0.05, 0) is 67.0 Å². The molecule has 2 aliphatic rings. The zero-order chi connectivity index (χ0) is 30.3. The first-order valence-corrected chi connectivity index (χ1v) is 16.9. The maximum absolute atomic E-state index is 13.4. The van der Waals surface area contributed by atoms with Crippen molar-refractivity contribution in [1.82, 2.24) is 10.2 Å². The lowest BCUT2D eigenvalue weighted by atomic mass is 9.93. The predicted octanol–water partition coefficient (Wildman–Crippen LogP) is 4.22. The van der Waals surface area contributed by atoms with Gasteiger partial charge in [-0.3, -0.25) is 9.69 Å². The molecule has 0 spiro atoms. The maximum atomic E-state index is 13.4. The van der Waals surface area contributed by atoms with E-state index in [-0.39, 0.29) is 24.3 Å². The highest BCUT2D eigenvalue weighted by Gasteiger charge is 2.33. The van der Waals surface area contributed by atoms with Crippen molar-refractivity contribution in [2.75, 3.05) is 32.3 Å². The summed E-state index contributed by atoms with van der Waals surface area (Å²) in [6.45, 7) is 4.08. The highest BCUT2D eigenvalue weighted by atomic mass is 32.2. The summed E-state index contributed by atoms with van der Waals surface area (Å²) in [7, 11) is -1.64. The minimum atomic E-state index is -3.39. The van der Waals surface area contributed by atoms with Crippen molar-refractivity contribution in [1.29, 1.82) is 0 Å². The van der Waals surface area contributed by atoms with Crippen LogP contribution >= 0.6 is 0 Å². The van der Waals surface area contributed by atoms with Crippen molar-refractivity contribution in [3.63, 3.8) is 0 Å². The Labute approximate surface area is 249 Å². The van der Waals surface area contributed by atoms with E-state index in [1.54, 1.807) is 13.2 Å². The number of rotatable bonds is 13. The Morgan fingerprint density at radius 1 is 1.07 bits per heavy atom. The first-order chi connectivity index (χ1) is 20.0. The zero-order valence-corrected chi connectivity index (χ0v) is 25.7. The van der Waals surface area contributed by atoms with Gasteiger partial charge in [0.25, 0.3) is 5.91 Å². The van der Waals surface area contributed by atoms with Crippen molar-refractivity contribution >= 4 is 21.7 Å². The Hall–Kier alpha value is -2.79. The van der Waals surface area contributed by atoms with Gasteiger partial charge in [-0.25, -0.2) is 13.2 Å². The second-order valence-corrected chi connectivity index (χ2v) is 14.0. The number of hydrogen-bond donors (Lipinski definition) is 2. The third kappa shape index (κ3) is 8.86. The number of carboxylic acids is 1. The Balaban J connectivity index is 1.57. The number of sulfone groups is 1. The molecule has 2 fully saturated rings. The van der Waals surface area contributed by atoms with Crippen LogP contribution in [0.5, 0.6) is 0 Å². The lowest BCUT2D eigenvalue weighted by molar-refractivity contribution is -0.139. The molecule has 2 aromatic carbocycles. The largest absolute Gasteiger partial charge is 0.480 e. The number of aryl methyl sites for hydroxylation is 1. The number of carbonyl (C=O) groups is 2. The van der Waals surface area contributed by atoms with Crippen LogP contribution in [0.15, 0.2) is 42.5 Å². The number of nitrogens with one attached hydrogen (secondary N) is 1.